The van der Waals surface area contributed by atoms with Gasteiger partial charge in [-0.15, -0.1) is 4.91 Å². The van der Waals surface area contributed by atoms with E-state index >= 15 is 0 Å². The number of carbonyl (C=O) groups is 1. The van der Waals surface area contributed by atoms with Gasteiger partial charge in [0.1, 0.15) is 0 Å². The molecule has 0 radical (unpaired) electrons. The fraction of sp³-hybridized carbons (Fsp3) is 0.750. The maximum atomic E-state index is 10.4. The van der Waals surface area contributed by atoms with Crippen LogP contribution in [0.15, 0.2) is 5.29 Å². The molecule has 0 aliphatic rings. The van der Waals surface area contributed by atoms with Crippen molar-refractivity contribution in [3.63, 3.8) is 0 Å². The number of nitrogens with zero attached hydrogens (tertiary/aromatic N) is 1. The molecular formula is C4H9N3O2. The summed E-state index contributed by atoms with van der Waals surface area (Å²) in [6, 6.07) is 0. The summed E-state index contributed by atoms with van der Waals surface area (Å²) < 4.78 is 0. The van der Waals surface area contributed by atoms with Gasteiger partial charge in [-0.2, -0.15) is 0 Å². The van der Waals surface area contributed by atoms with Gasteiger partial charge in [-0.1, -0.05) is 0 Å². The summed E-state index contributed by atoms with van der Waals surface area (Å²) >= 11 is 0. The molecule has 2 N–H and O–H groups in total. The van der Waals surface area contributed by atoms with Crippen LogP contribution in [-0.2, 0) is 4.79 Å². The third-order valence-corrected chi connectivity index (χ3v) is 0.807. The lowest BCUT2D eigenvalue weighted by Crippen LogP contribution is -2.22. The quantitative estimate of drug-likeness (QED) is 0.304. The van der Waals surface area contributed by atoms with E-state index in [0.717, 1.165) is 0 Å². The van der Waals surface area contributed by atoms with E-state index < -0.39 is 0 Å². The SMILES string of the molecule is CNC(=O)CCNN=O. The Morgan fingerprint density at radius 2 is 2.33 bits per heavy atom. The molecule has 0 bridgehead atoms. The molecule has 9 heavy (non-hydrogen) atoms. The summed E-state index contributed by atoms with van der Waals surface area (Å²) in [5.74, 6) is -0.105. The second kappa shape index (κ2) is 5.02. The predicted molar refractivity (Wildman–Crippen MR) is 32.5 cm³/mol. The van der Waals surface area contributed by atoms with E-state index in [4.69, 9.17) is 0 Å². The Bertz CT molecular complexity index is 104. The van der Waals surface area contributed by atoms with Crippen LogP contribution < -0.4 is 10.7 Å². The number of nitroso groups, excluding NO2 is 1. The monoisotopic (exact) mass is 131 g/mol. The van der Waals surface area contributed by atoms with Crippen molar-refractivity contribution in [1.29, 1.82) is 0 Å². The molecule has 0 heterocycles. The summed E-state index contributed by atoms with van der Waals surface area (Å²) in [6.45, 7) is 0.295. The largest absolute Gasteiger partial charge is 0.359 e. The number of carbonyl (C=O) groups excluding carboxylic acids is 1. The first-order chi connectivity index (χ1) is 4.31. The fourth-order valence-electron chi connectivity index (χ4n) is 0.340. The van der Waals surface area contributed by atoms with Crippen molar-refractivity contribution in [3.05, 3.63) is 4.91 Å². The highest BCUT2D eigenvalue weighted by Gasteiger charge is 1.93. The first-order valence-electron chi connectivity index (χ1n) is 2.57. The smallest absolute Gasteiger partial charge is 0.221 e. The van der Waals surface area contributed by atoms with Crippen molar-refractivity contribution in [2.24, 2.45) is 5.29 Å². The Morgan fingerprint density at radius 1 is 1.67 bits per heavy atom. The Labute approximate surface area is 52.8 Å². The number of nitrogens with one attached hydrogen (secondary N) is 2. The summed E-state index contributed by atoms with van der Waals surface area (Å²) in [5, 5.41) is 4.76. The molecule has 5 nitrogen and oxygen atoms in total. The molecule has 0 spiro atoms. The fourth-order valence-corrected chi connectivity index (χ4v) is 0.340. The van der Waals surface area contributed by atoms with E-state index in [9.17, 15) is 9.70 Å². The third-order valence-electron chi connectivity index (χ3n) is 0.807. The third kappa shape index (κ3) is 4.73. The number of rotatable bonds is 4. The van der Waals surface area contributed by atoms with Crippen molar-refractivity contribution >= 4 is 5.91 Å². The molecule has 5 heteroatoms. The molecule has 0 aliphatic heterocycles. The van der Waals surface area contributed by atoms with E-state index in [1.165, 1.54) is 7.05 Å². The second-order valence-corrected chi connectivity index (χ2v) is 1.42. The van der Waals surface area contributed by atoms with E-state index in [0.29, 0.717) is 6.54 Å². The maximum Gasteiger partial charge on any atom is 0.221 e. The Balaban J connectivity index is 3.06. The van der Waals surface area contributed by atoms with Crippen LogP contribution in [0.3, 0.4) is 0 Å². The number of amides is 1. The van der Waals surface area contributed by atoms with Gasteiger partial charge in [0.2, 0.25) is 5.91 Å². The minimum absolute atomic E-state index is 0.105. The lowest BCUT2D eigenvalue weighted by Gasteiger charge is -1.95. The Morgan fingerprint density at radius 3 is 2.78 bits per heavy atom. The summed E-state index contributed by atoms with van der Waals surface area (Å²) in [6.07, 6.45) is 0.280. The van der Waals surface area contributed by atoms with Crippen molar-refractivity contribution in [2.75, 3.05) is 13.6 Å². The Kier molecular flexibility index (Phi) is 4.39. The standard InChI is InChI=1S/C4H9N3O2/c1-5-4(8)2-3-6-7-9/h2-3H2,1H3,(H,5,8)(H,6,9). The van der Waals surface area contributed by atoms with E-state index in [1.807, 2.05) is 0 Å². The first kappa shape index (κ1) is 7.87. The van der Waals surface area contributed by atoms with E-state index in [2.05, 4.69) is 16.0 Å². The second-order valence-electron chi connectivity index (χ2n) is 1.42. The van der Waals surface area contributed by atoms with E-state index in [1.54, 1.807) is 0 Å². The molecule has 1 amide bonds. The molecule has 0 unspecified atom stereocenters. The van der Waals surface area contributed by atoms with Crippen molar-refractivity contribution in [2.45, 2.75) is 6.42 Å². The lowest BCUT2D eigenvalue weighted by molar-refractivity contribution is -0.120. The zero-order valence-electron chi connectivity index (χ0n) is 5.18. The van der Waals surface area contributed by atoms with E-state index in [-0.39, 0.29) is 12.3 Å². The average Bonchev–Trinajstić information content (AvgIpc) is 1.89. The highest BCUT2D eigenvalue weighted by molar-refractivity contribution is 5.75. The molecule has 0 aliphatic carbocycles. The maximum absolute atomic E-state index is 10.4. The normalized spacial score (nSPS) is 8.11. The molecule has 0 rings (SSSR count). The minimum atomic E-state index is -0.105. The van der Waals surface area contributed by atoms with Crippen molar-refractivity contribution in [3.8, 4) is 0 Å². The molecular weight excluding hydrogens is 122 g/mol. The number of hydrogen-bond donors (Lipinski definition) is 2. The zero-order chi connectivity index (χ0) is 7.11. The van der Waals surface area contributed by atoms with Crippen LogP contribution in [0.4, 0.5) is 0 Å². The van der Waals surface area contributed by atoms with Crippen molar-refractivity contribution < 1.29 is 4.79 Å². The van der Waals surface area contributed by atoms with Gasteiger partial charge in [-0.25, -0.2) is 0 Å². The molecule has 0 saturated heterocycles. The molecule has 0 aromatic carbocycles. The average molecular weight is 131 g/mol. The van der Waals surface area contributed by atoms with Crippen LogP contribution in [0.2, 0.25) is 0 Å². The van der Waals surface area contributed by atoms with Gasteiger partial charge >= 0.3 is 0 Å². The van der Waals surface area contributed by atoms with Gasteiger partial charge in [-0.3, -0.25) is 10.2 Å². The van der Waals surface area contributed by atoms with Gasteiger partial charge in [-0.05, 0) is 0 Å². The van der Waals surface area contributed by atoms with Gasteiger partial charge < -0.3 is 5.32 Å². The molecule has 0 aromatic rings. The van der Waals surface area contributed by atoms with Crippen LogP contribution in [0.25, 0.3) is 0 Å². The van der Waals surface area contributed by atoms with Gasteiger partial charge in [0.15, 0.2) is 0 Å². The zero-order valence-corrected chi connectivity index (χ0v) is 5.18. The summed E-state index contributed by atoms with van der Waals surface area (Å²) in [4.78, 5) is 19.8. The van der Waals surface area contributed by atoms with Gasteiger partial charge in [0.25, 0.3) is 0 Å². The van der Waals surface area contributed by atoms with Crippen LogP contribution in [0.1, 0.15) is 6.42 Å². The summed E-state index contributed by atoms with van der Waals surface area (Å²) in [7, 11) is 1.54. The number of hydrogen-bond acceptors (Lipinski definition) is 3. The van der Waals surface area contributed by atoms with Crippen LogP contribution in [0, 0.1) is 4.91 Å². The molecule has 0 atom stereocenters. The summed E-state index contributed by atoms with van der Waals surface area (Å²) in [5.41, 5.74) is 2.12. The molecule has 0 aromatic heterocycles. The van der Waals surface area contributed by atoms with Gasteiger partial charge in [0.05, 0.1) is 0 Å². The Hall–Kier alpha value is -1.13. The van der Waals surface area contributed by atoms with Crippen LogP contribution in [0.5, 0.6) is 0 Å². The van der Waals surface area contributed by atoms with Crippen LogP contribution >= 0.6 is 0 Å². The molecule has 0 fully saturated rings. The molecule has 52 valence electrons. The highest BCUT2D eigenvalue weighted by atomic mass is 16.3. The lowest BCUT2D eigenvalue weighted by atomic mass is 10.4. The van der Waals surface area contributed by atoms with Crippen LogP contribution in [-0.4, -0.2) is 19.5 Å². The minimum Gasteiger partial charge on any atom is -0.359 e. The first-order valence-corrected chi connectivity index (χ1v) is 2.57. The molecule has 0 saturated carbocycles. The topological polar surface area (TPSA) is 70.6 Å². The predicted octanol–water partition coefficient (Wildman–Crippen LogP) is -0.607. The van der Waals surface area contributed by atoms with Gasteiger partial charge in [0, 0.05) is 25.3 Å². The highest BCUT2D eigenvalue weighted by Crippen LogP contribution is 1.73. The van der Waals surface area contributed by atoms with Crippen molar-refractivity contribution in [1.82, 2.24) is 10.7 Å².